The molecule has 1 aromatic heterocycles. The predicted octanol–water partition coefficient (Wildman–Crippen LogP) is 4.14. The van der Waals surface area contributed by atoms with E-state index in [4.69, 9.17) is 0 Å². The van der Waals surface area contributed by atoms with Crippen molar-refractivity contribution < 1.29 is 0 Å². The van der Waals surface area contributed by atoms with E-state index < -0.39 is 0 Å². The minimum Gasteiger partial charge on any atom is -0.349 e. The van der Waals surface area contributed by atoms with Gasteiger partial charge in [-0.25, -0.2) is 4.98 Å². The second-order valence-electron chi connectivity index (χ2n) is 5.83. The Morgan fingerprint density at radius 2 is 2.00 bits per heavy atom. The highest BCUT2D eigenvalue weighted by Crippen LogP contribution is 2.38. The fourth-order valence-corrected chi connectivity index (χ4v) is 5.03. The van der Waals surface area contributed by atoms with Gasteiger partial charge in [-0.2, -0.15) is 11.8 Å². The quantitative estimate of drug-likeness (QED) is 0.776. The number of thiazole rings is 1. The van der Waals surface area contributed by atoms with E-state index in [1.807, 2.05) is 17.5 Å². The predicted molar refractivity (Wildman–Crippen MR) is 96.7 cm³/mol. The van der Waals surface area contributed by atoms with Crippen molar-refractivity contribution in [1.29, 1.82) is 0 Å². The van der Waals surface area contributed by atoms with E-state index in [0.717, 1.165) is 31.3 Å². The summed E-state index contributed by atoms with van der Waals surface area (Å²) in [5.41, 5.74) is 0. The highest BCUT2D eigenvalue weighted by atomic mass is 32.2. The molecule has 2 rings (SSSR count). The summed E-state index contributed by atoms with van der Waals surface area (Å²) in [5.74, 6) is 0. The smallest absolute Gasteiger partial charge is 0.185 e. The van der Waals surface area contributed by atoms with Crippen LogP contribution in [0.2, 0.25) is 0 Å². The maximum atomic E-state index is 4.56. The van der Waals surface area contributed by atoms with Crippen LogP contribution in [0, 0.1) is 0 Å². The summed E-state index contributed by atoms with van der Waals surface area (Å²) in [6.45, 7) is 8.54. The van der Waals surface area contributed by atoms with E-state index in [1.165, 1.54) is 37.0 Å². The normalized spacial score (nSPS) is 17.9. The van der Waals surface area contributed by atoms with Crippen LogP contribution in [0.1, 0.15) is 50.8 Å². The molecule has 0 bridgehead atoms. The molecule has 3 nitrogen and oxygen atoms in total. The molecule has 1 heterocycles. The number of aromatic nitrogens is 1. The average molecular weight is 328 g/mol. The lowest BCUT2D eigenvalue weighted by atomic mass is 9.88. The SMILES string of the molecule is CCN(CC)c1ncc(CNCC2(SC)CCCCC2)s1. The highest BCUT2D eigenvalue weighted by Gasteiger charge is 2.30. The summed E-state index contributed by atoms with van der Waals surface area (Å²) in [7, 11) is 0. The lowest BCUT2D eigenvalue weighted by molar-refractivity contribution is 0.380. The minimum absolute atomic E-state index is 0.477. The van der Waals surface area contributed by atoms with Crippen LogP contribution in [0.25, 0.3) is 0 Å². The molecule has 0 atom stereocenters. The van der Waals surface area contributed by atoms with Crippen molar-refractivity contribution in [1.82, 2.24) is 10.3 Å². The van der Waals surface area contributed by atoms with Gasteiger partial charge in [-0.3, -0.25) is 0 Å². The molecule has 5 heteroatoms. The van der Waals surface area contributed by atoms with Gasteiger partial charge in [0.05, 0.1) is 0 Å². The zero-order valence-corrected chi connectivity index (χ0v) is 15.3. The first-order valence-corrected chi connectivity index (χ1v) is 10.2. The maximum absolute atomic E-state index is 4.56. The van der Waals surface area contributed by atoms with Crippen molar-refractivity contribution in [2.75, 3.05) is 30.8 Å². The molecule has 0 saturated heterocycles. The molecule has 1 aliphatic rings. The van der Waals surface area contributed by atoms with Crippen LogP contribution in [-0.4, -0.2) is 35.6 Å². The third-order valence-electron chi connectivity index (χ3n) is 4.52. The molecule has 21 heavy (non-hydrogen) atoms. The van der Waals surface area contributed by atoms with Gasteiger partial charge in [0.15, 0.2) is 5.13 Å². The van der Waals surface area contributed by atoms with Gasteiger partial charge < -0.3 is 10.2 Å². The molecule has 1 fully saturated rings. The topological polar surface area (TPSA) is 28.2 Å². The van der Waals surface area contributed by atoms with Crippen molar-refractivity contribution in [3.05, 3.63) is 11.1 Å². The van der Waals surface area contributed by atoms with Gasteiger partial charge in [-0.05, 0) is 32.9 Å². The summed E-state index contributed by atoms with van der Waals surface area (Å²) in [6, 6.07) is 0. The summed E-state index contributed by atoms with van der Waals surface area (Å²) in [5, 5.41) is 4.84. The number of nitrogens with zero attached hydrogens (tertiary/aromatic N) is 2. The molecule has 1 aliphatic carbocycles. The van der Waals surface area contributed by atoms with Crippen molar-refractivity contribution >= 4 is 28.2 Å². The molecule has 0 aromatic carbocycles. The van der Waals surface area contributed by atoms with E-state index in [1.54, 1.807) is 0 Å². The van der Waals surface area contributed by atoms with E-state index in [9.17, 15) is 0 Å². The molecule has 0 amide bonds. The molecule has 1 aromatic rings. The van der Waals surface area contributed by atoms with Gasteiger partial charge in [0.2, 0.25) is 0 Å². The first-order valence-electron chi connectivity index (χ1n) is 8.18. The second-order valence-corrected chi connectivity index (χ2v) is 8.20. The number of hydrogen-bond donors (Lipinski definition) is 1. The van der Waals surface area contributed by atoms with E-state index in [0.29, 0.717) is 4.75 Å². The van der Waals surface area contributed by atoms with E-state index in [-0.39, 0.29) is 0 Å². The lowest BCUT2D eigenvalue weighted by Gasteiger charge is -2.36. The van der Waals surface area contributed by atoms with Crippen LogP contribution in [-0.2, 0) is 6.54 Å². The van der Waals surface area contributed by atoms with Gasteiger partial charge in [-0.1, -0.05) is 19.3 Å². The number of rotatable bonds is 8. The average Bonchev–Trinajstić information content (AvgIpc) is 2.98. The Bertz CT molecular complexity index is 409. The van der Waals surface area contributed by atoms with Crippen LogP contribution in [0.3, 0.4) is 0 Å². The number of anilines is 1. The molecule has 0 radical (unpaired) electrons. The monoisotopic (exact) mass is 327 g/mol. The van der Waals surface area contributed by atoms with Gasteiger partial charge >= 0.3 is 0 Å². The Hall–Kier alpha value is -0.260. The Kier molecular flexibility index (Phi) is 6.83. The third-order valence-corrected chi connectivity index (χ3v) is 7.00. The van der Waals surface area contributed by atoms with Crippen molar-refractivity contribution in [3.8, 4) is 0 Å². The fourth-order valence-electron chi connectivity index (χ4n) is 3.08. The number of thioether (sulfide) groups is 1. The van der Waals surface area contributed by atoms with Crippen LogP contribution < -0.4 is 10.2 Å². The third kappa shape index (κ3) is 4.60. The summed E-state index contributed by atoms with van der Waals surface area (Å²) in [6.07, 6.45) is 11.3. The molecule has 0 aliphatic heterocycles. The molecular formula is C16H29N3S2. The van der Waals surface area contributed by atoms with Gasteiger partial charge in [0.1, 0.15) is 0 Å². The summed E-state index contributed by atoms with van der Waals surface area (Å²) < 4.78 is 0.477. The van der Waals surface area contributed by atoms with Crippen molar-refractivity contribution in [3.63, 3.8) is 0 Å². The Morgan fingerprint density at radius 3 is 2.62 bits per heavy atom. The lowest BCUT2D eigenvalue weighted by Crippen LogP contribution is -2.38. The fraction of sp³-hybridized carbons (Fsp3) is 0.812. The Balaban J connectivity index is 1.83. The molecule has 120 valence electrons. The van der Waals surface area contributed by atoms with Crippen molar-refractivity contribution in [2.45, 2.75) is 57.2 Å². The highest BCUT2D eigenvalue weighted by molar-refractivity contribution is 8.00. The van der Waals surface area contributed by atoms with Crippen LogP contribution in [0.15, 0.2) is 6.20 Å². The molecular weight excluding hydrogens is 298 g/mol. The maximum Gasteiger partial charge on any atom is 0.185 e. The van der Waals surface area contributed by atoms with Crippen LogP contribution in [0.5, 0.6) is 0 Å². The van der Waals surface area contributed by atoms with Crippen LogP contribution in [0.4, 0.5) is 5.13 Å². The summed E-state index contributed by atoms with van der Waals surface area (Å²) in [4.78, 5) is 8.23. The first-order chi connectivity index (χ1) is 10.2. The molecule has 1 saturated carbocycles. The molecule has 1 N–H and O–H groups in total. The molecule has 0 unspecified atom stereocenters. The van der Waals surface area contributed by atoms with Crippen LogP contribution >= 0.6 is 23.1 Å². The standard InChI is InChI=1S/C16H29N3S2/c1-4-19(5-2)15-18-12-14(21-15)11-17-13-16(20-3)9-7-6-8-10-16/h12,17H,4-11,13H2,1-3H3. The zero-order valence-electron chi connectivity index (χ0n) is 13.7. The van der Waals surface area contributed by atoms with Gasteiger partial charge in [-0.15, -0.1) is 11.3 Å². The molecule has 0 spiro atoms. The van der Waals surface area contributed by atoms with E-state index in [2.05, 4.69) is 47.1 Å². The largest absolute Gasteiger partial charge is 0.349 e. The Labute approximate surface area is 137 Å². The van der Waals surface area contributed by atoms with Crippen molar-refractivity contribution in [2.24, 2.45) is 0 Å². The Morgan fingerprint density at radius 1 is 1.29 bits per heavy atom. The van der Waals surface area contributed by atoms with Gasteiger partial charge in [0.25, 0.3) is 0 Å². The number of hydrogen-bond acceptors (Lipinski definition) is 5. The first kappa shape index (κ1) is 17.1. The number of nitrogens with one attached hydrogen (secondary N) is 1. The summed E-state index contributed by atoms with van der Waals surface area (Å²) >= 11 is 3.89. The van der Waals surface area contributed by atoms with E-state index >= 15 is 0 Å². The zero-order chi connectivity index (χ0) is 15.1. The van der Waals surface area contributed by atoms with Gasteiger partial charge in [0, 0.05) is 42.0 Å². The minimum atomic E-state index is 0.477. The second kappa shape index (κ2) is 8.39.